The van der Waals surface area contributed by atoms with E-state index in [0.29, 0.717) is 28.5 Å². The maximum Gasteiger partial charge on any atom is 0.338 e. The van der Waals surface area contributed by atoms with Crippen molar-refractivity contribution < 1.29 is 18.7 Å². The summed E-state index contributed by atoms with van der Waals surface area (Å²) in [5.41, 5.74) is 1.85. The van der Waals surface area contributed by atoms with Crippen LogP contribution in [-0.4, -0.2) is 31.0 Å². The van der Waals surface area contributed by atoms with Crippen LogP contribution in [0.15, 0.2) is 52.8 Å². The predicted octanol–water partition coefficient (Wildman–Crippen LogP) is 3.42. The Balaban J connectivity index is 2.14. The van der Waals surface area contributed by atoms with Gasteiger partial charge in [-0.1, -0.05) is 17.7 Å². The van der Waals surface area contributed by atoms with Crippen LogP contribution in [0.1, 0.15) is 24.2 Å². The summed E-state index contributed by atoms with van der Waals surface area (Å²) in [5, 5.41) is 3.24. The molecule has 0 amide bonds. The highest BCUT2D eigenvalue weighted by Gasteiger charge is 2.32. The lowest BCUT2D eigenvalue weighted by molar-refractivity contribution is -0.136. The minimum Gasteiger partial charge on any atom is -0.497 e. The number of benzene rings is 1. The molecule has 27 heavy (non-hydrogen) atoms. The van der Waals surface area contributed by atoms with Crippen LogP contribution < -0.4 is 10.1 Å². The summed E-state index contributed by atoms with van der Waals surface area (Å²) in [6.07, 6.45) is 1.59. The van der Waals surface area contributed by atoms with Crippen molar-refractivity contribution in [2.24, 2.45) is 4.99 Å². The van der Waals surface area contributed by atoms with Crippen molar-refractivity contribution in [2.45, 2.75) is 13.0 Å². The van der Waals surface area contributed by atoms with Gasteiger partial charge in [0.05, 0.1) is 19.8 Å². The molecule has 1 N–H and O–H groups in total. The molecule has 1 aromatic heterocycles. The number of hydrogen-bond acceptors (Lipinski definition) is 6. The Labute approximate surface area is 160 Å². The van der Waals surface area contributed by atoms with Crippen LogP contribution in [0.2, 0.25) is 5.02 Å². The number of hydrogen-bond donors (Lipinski definition) is 1. The van der Waals surface area contributed by atoms with Crippen LogP contribution in [0.4, 0.5) is 4.39 Å². The van der Waals surface area contributed by atoms with Crippen molar-refractivity contribution in [2.75, 3.05) is 14.2 Å². The Kier molecular flexibility index (Phi) is 5.41. The summed E-state index contributed by atoms with van der Waals surface area (Å²) in [4.78, 5) is 21.2. The largest absolute Gasteiger partial charge is 0.497 e. The van der Waals surface area contributed by atoms with Gasteiger partial charge < -0.3 is 14.8 Å². The lowest BCUT2D eigenvalue weighted by Crippen LogP contribution is -2.33. The topological polar surface area (TPSA) is 72.8 Å². The number of allylic oxidation sites excluding steroid dienone is 1. The molecule has 0 saturated heterocycles. The van der Waals surface area contributed by atoms with Gasteiger partial charge in [0, 0.05) is 28.5 Å². The third-order valence-electron chi connectivity index (χ3n) is 4.11. The predicted molar refractivity (Wildman–Crippen MR) is 99.3 cm³/mol. The molecule has 8 heteroatoms. The zero-order valence-corrected chi connectivity index (χ0v) is 15.7. The number of pyridine rings is 1. The number of carbonyl (C=O) groups excluding carboxylic acids is 1. The van der Waals surface area contributed by atoms with Crippen LogP contribution >= 0.6 is 11.6 Å². The second-order valence-corrected chi connectivity index (χ2v) is 6.19. The summed E-state index contributed by atoms with van der Waals surface area (Å²) in [6.45, 7) is 1.73. The average molecular weight is 390 g/mol. The number of aliphatic imine (C=N–C) groups is 1. The lowest BCUT2D eigenvalue weighted by Gasteiger charge is -2.26. The molecule has 1 aromatic carbocycles. The van der Waals surface area contributed by atoms with Gasteiger partial charge in [0.2, 0.25) is 0 Å². The molecule has 0 radical (unpaired) electrons. The number of ether oxygens (including phenoxy) is 2. The lowest BCUT2D eigenvalue weighted by atomic mass is 9.95. The minimum absolute atomic E-state index is 0.165. The van der Waals surface area contributed by atoms with Crippen molar-refractivity contribution in [3.05, 3.63) is 69.9 Å². The Morgan fingerprint density at radius 2 is 2.04 bits per heavy atom. The van der Waals surface area contributed by atoms with E-state index in [1.165, 1.54) is 25.3 Å². The normalized spacial score (nSPS) is 16.5. The van der Waals surface area contributed by atoms with Crippen molar-refractivity contribution in [1.29, 1.82) is 0 Å². The van der Waals surface area contributed by atoms with Crippen molar-refractivity contribution in [3.63, 3.8) is 0 Å². The molecule has 1 atom stereocenters. The van der Waals surface area contributed by atoms with Crippen LogP contribution in [0, 0.1) is 5.82 Å². The van der Waals surface area contributed by atoms with Gasteiger partial charge in [-0.25, -0.2) is 9.18 Å². The van der Waals surface area contributed by atoms with Gasteiger partial charge in [-0.3, -0.25) is 9.98 Å². The standard InChI is InChI=1S/C19H17ClFN3O3/c1-10-16(19(25)27-3)17(13-5-4-11(21)8-14(13)20)24-18(23-10)15-9-12(26-2)6-7-22-15/h4-9,17H,1-3H3,(H,23,24). The summed E-state index contributed by atoms with van der Waals surface area (Å²) >= 11 is 6.23. The minimum atomic E-state index is -0.769. The van der Waals surface area contributed by atoms with Crippen LogP contribution in [0.25, 0.3) is 0 Å². The molecule has 3 rings (SSSR count). The Morgan fingerprint density at radius 1 is 1.26 bits per heavy atom. The Bertz CT molecular complexity index is 959. The fourth-order valence-electron chi connectivity index (χ4n) is 2.80. The summed E-state index contributed by atoms with van der Waals surface area (Å²) in [7, 11) is 2.84. The van der Waals surface area contributed by atoms with Crippen molar-refractivity contribution in [3.8, 4) is 5.75 Å². The number of nitrogens with zero attached hydrogens (tertiary/aromatic N) is 2. The van der Waals surface area contributed by atoms with E-state index in [1.54, 1.807) is 32.4 Å². The molecular formula is C19H17ClFN3O3. The summed E-state index contributed by atoms with van der Waals surface area (Å²) in [6, 6.07) is 6.61. The van der Waals surface area contributed by atoms with Crippen molar-refractivity contribution in [1.82, 2.24) is 10.3 Å². The SMILES string of the molecule is COC(=O)C1=C(C)NC(c2cc(OC)ccn2)=NC1c1ccc(F)cc1Cl. The number of nitrogens with one attached hydrogen (secondary N) is 1. The fourth-order valence-corrected chi connectivity index (χ4v) is 3.07. The van der Waals surface area contributed by atoms with Gasteiger partial charge in [-0.15, -0.1) is 0 Å². The monoisotopic (exact) mass is 389 g/mol. The first-order valence-corrected chi connectivity index (χ1v) is 8.41. The third-order valence-corrected chi connectivity index (χ3v) is 4.44. The zero-order chi connectivity index (χ0) is 19.6. The number of amidine groups is 1. The second-order valence-electron chi connectivity index (χ2n) is 5.78. The quantitative estimate of drug-likeness (QED) is 0.811. The van der Waals surface area contributed by atoms with E-state index < -0.39 is 17.8 Å². The highest BCUT2D eigenvalue weighted by molar-refractivity contribution is 6.31. The van der Waals surface area contributed by atoms with Gasteiger partial charge in [0.1, 0.15) is 23.3 Å². The van der Waals surface area contributed by atoms with E-state index >= 15 is 0 Å². The first kappa shape index (κ1) is 18.8. The van der Waals surface area contributed by atoms with E-state index in [0.717, 1.165) is 0 Å². The summed E-state index contributed by atoms with van der Waals surface area (Å²) < 4.78 is 23.6. The number of aromatic nitrogens is 1. The van der Waals surface area contributed by atoms with E-state index in [-0.39, 0.29) is 10.6 Å². The molecule has 140 valence electrons. The zero-order valence-electron chi connectivity index (χ0n) is 14.9. The molecule has 6 nitrogen and oxygen atoms in total. The average Bonchev–Trinajstić information content (AvgIpc) is 2.67. The van der Waals surface area contributed by atoms with E-state index in [2.05, 4.69) is 15.3 Å². The van der Waals surface area contributed by atoms with Crippen LogP contribution in [0.3, 0.4) is 0 Å². The Hall–Kier alpha value is -2.93. The molecule has 1 unspecified atom stereocenters. The van der Waals surface area contributed by atoms with E-state index in [4.69, 9.17) is 21.1 Å². The van der Waals surface area contributed by atoms with Gasteiger partial charge in [0.15, 0.2) is 5.84 Å². The highest BCUT2D eigenvalue weighted by Crippen LogP contribution is 2.36. The fraction of sp³-hybridized carbons (Fsp3) is 0.211. The van der Waals surface area contributed by atoms with Crippen molar-refractivity contribution >= 4 is 23.4 Å². The molecule has 2 heterocycles. The van der Waals surface area contributed by atoms with E-state index in [9.17, 15) is 9.18 Å². The molecular weight excluding hydrogens is 373 g/mol. The highest BCUT2D eigenvalue weighted by atomic mass is 35.5. The third kappa shape index (κ3) is 3.78. The number of carbonyl (C=O) groups is 1. The Morgan fingerprint density at radius 3 is 2.70 bits per heavy atom. The molecule has 0 fully saturated rings. The second kappa shape index (κ2) is 7.75. The molecule has 0 aliphatic carbocycles. The molecule has 1 aliphatic rings. The maximum atomic E-state index is 13.5. The van der Waals surface area contributed by atoms with Gasteiger partial charge in [0.25, 0.3) is 0 Å². The van der Waals surface area contributed by atoms with Crippen LogP contribution in [-0.2, 0) is 9.53 Å². The molecule has 0 bridgehead atoms. The van der Waals surface area contributed by atoms with Gasteiger partial charge in [-0.2, -0.15) is 0 Å². The molecule has 2 aromatic rings. The first-order chi connectivity index (χ1) is 12.9. The number of rotatable bonds is 4. The maximum absolute atomic E-state index is 13.5. The van der Waals surface area contributed by atoms with Gasteiger partial charge in [-0.05, 0) is 25.1 Å². The smallest absolute Gasteiger partial charge is 0.338 e. The molecule has 0 spiro atoms. The first-order valence-electron chi connectivity index (χ1n) is 8.04. The number of esters is 1. The van der Waals surface area contributed by atoms with Gasteiger partial charge >= 0.3 is 5.97 Å². The number of halogens is 2. The summed E-state index contributed by atoms with van der Waals surface area (Å²) in [5.74, 6) is 0.0224. The number of methoxy groups -OCH3 is 2. The molecule has 0 saturated carbocycles. The van der Waals surface area contributed by atoms with E-state index in [1.807, 2.05) is 0 Å². The van der Waals surface area contributed by atoms with Crippen LogP contribution in [0.5, 0.6) is 5.75 Å². The molecule has 1 aliphatic heterocycles.